The van der Waals surface area contributed by atoms with Gasteiger partial charge in [0.15, 0.2) is 0 Å². The second-order valence-corrected chi connectivity index (χ2v) is 3.91. The minimum absolute atomic E-state index is 0.155. The summed E-state index contributed by atoms with van der Waals surface area (Å²) in [6, 6.07) is 6.67. The third kappa shape index (κ3) is 1.94. The van der Waals surface area contributed by atoms with Gasteiger partial charge in [-0.25, -0.2) is 4.99 Å². The zero-order valence-corrected chi connectivity index (χ0v) is 9.49. The van der Waals surface area contributed by atoms with Crippen molar-refractivity contribution in [3.05, 3.63) is 29.8 Å². The Balaban J connectivity index is 2.17. The van der Waals surface area contributed by atoms with Crippen molar-refractivity contribution in [2.45, 2.75) is 6.42 Å². The van der Waals surface area contributed by atoms with Crippen LogP contribution in [0.2, 0.25) is 0 Å². The summed E-state index contributed by atoms with van der Waals surface area (Å²) in [6.45, 7) is 0. The van der Waals surface area contributed by atoms with Gasteiger partial charge in [0.1, 0.15) is 11.5 Å². The molecule has 1 heterocycles. The average molecular weight is 234 g/mol. The molecule has 0 aliphatic carbocycles. The molecule has 0 radical (unpaired) electrons. The summed E-state index contributed by atoms with van der Waals surface area (Å²) in [7, 11) is 1.61. The van der Waals surface area contributed by atoms with Crippen molar-refractivity contribution in [2.75, 3.05) is 7.05 Å². The van der Waals surface area contributed by atoms with Crippen molar-refractivity contribution in [1.29, 1.82) is 0 Å². The van der Waals surface area contributed by atoms with Crippen molar-refractivity contribution >= 4 is 28.9 Å². The van der Waals surface area contributed by atoms with Gasteiger partial charge in [-0.05, 0) is 29.9 Å². The number of carbonyl (C=O) groups is 1. The molecule has 1 aliphatic heterocycles. The zero-order valence-electron chi connectivity index (χ0n) is 8.67. The van der Waals surface area contributed by atoms with Gasteiger partial charge in [0.2, 0.25) is 5.11 Å². The summed E-state index contributed by atoms with van der Waals surface area (Å²) in [5.74, 6) is 0.0501. The van der Waals surface area contributed by atoms with Crippen LogP contribution in [0.15, 0.2) is 29.3 Å². The summed E-state index contributed by atoms with van der Waals surface area (Å²) in [5, 5.41) is 9.43. The van der Waals surface area contributed by atoms with Crippen LogP contribution in [-0.4, -0.2) is 33.8 Å². The largest absolute Gasteiger partial charge is 0.508 e. The Hall–Kier alpha value is -1.75. The molecule has 0 aromatic heterocycles. The number of aliphatic imine (C=N–C) groups is 1. The fourth-order valence-electron chi connectivity index (χ4n) is 1.44. The van der Waals surface area contributed by atoms with Crippen LogP contribution in [0.1, 0.15) is 5.56 Å². The molecule has 1 aromatic rings. The van der Waals surface area contributed by atoms with Gasteiger partial charge in [0, 0.05) is 13.5 Å². The molecule has 0 unspecified atom stereocenters. The van der Waals surface area contributed by atoms with E-state index in [1.165, 1.54) is 4.90 Å². The SMILES string of the molecule is CN1C(=O)C(Cc2ccc(O)cc2)=NC1=S. The molecule has 4 nitrogen and oxygen atoms in total. The Morgan fingerprint density at radius 3 is 2.50 bits per heavy atom. The normalized spacial score (nSPS) is 15.6. The van der Waals surface area contributed by atoms with Gasteiger partial charge in [-0.3, -0.25) is 9.69 Å². The van der Waals surface area contributed by atoms with Crippen LogP contribution in [0.4, 0.5) is 0 Å². The maximum atomic E-state index is 11.6. The molecule has 2 rings (SSSR count). The van der Waals surface area contributed by atoms with Gasteiger partial charge < -0.3 is 5.11 Å². The smallest absolute Gasteiger partial charge is 0.274 e. The third-order valence-corrected chi connectivity index (χ3v) is 2.74. The summed E-state index contributed by atoms with van der Waals surface area (Å²) >= 11 is 4.91. The number of hydrogen-bond donors (Lipinski definition) is 1. The van der Waals surface area contributed by atoms with Crippen LogP contribution in [0.5, 0.6) is 5.75 Å². The highest BCUT2D eigenvalue weighted by molar-refractivity contribution is 7.80. The molecule has 0 saturated heterocycles. The summed E-state index contributed by atoms with van der Waals surface area (Å²) in [5.41, 5.74) is 1.36. The van der Waals surface area contributed by atoms with E-state index >= 15 is 0 Å². The first-order valence-corrected chi connectivity index (χ1v) is 5.16. The lowest BCUT2D eigenvalue weighted by atomic mass is 10.1. The van der Waals surface area contributed by atoms with E-state index < -0.39 is 0 Å². The Morgan fingerprint density at radius 1 is 1.38 bits per heavy atom. The molecule has 1 amide bonds. The molecule has 82 valence electrons. The van der Waals surface area contributed by atoms with E-state index in [0.717, 1.165) is 5.56 Å². The predicted octanol–water partition coefficient (Wildman–Crippen LogP) is 1.13. The van der Waals surface area contributed by atoms with Crippen molar-refractivity contribution < 1.29 is 9.90 Å². The molecule has 16 heavy (non-hydrogen) atoms. The molecular formula is C11H10N2O2S. The topological polar surface area (TPSA) is 52.9 Å². The number of amides is 1. The molecule has 1 N–H and O–H groups in total. The first-order valence-electron chi connectivity index (χ1n) is 4.75. The van der Waals surface area contributed by atoms with Crippen LogP contribution >= 0.6 is 12.2 Å². The number of nitrogens with zero attached hydrogens (tertiary/aromatic N) is 2. The van der Waals surface area contributed by atoms with Crippen molar-refractivity contribution in [2.24, 2.45) is 4.99 Å². The molecular weight excluding hydrogens is 224 g/mol. The molecule has 1 aliphatic rings. The van der Waals surface area contributed by atoms with Gasteiger partial charge in [0.25, 0.3) is 5.91 Å². The van der Waals surface area contributed by atoms with Gasteiger partial charge in [0.05, 0.1) is 0 Å². The van der Waals surface area contributed by atoms with E-state index in [9.17, 15) is 4.79 Å². The number of hydrogen-bond acceptors (Lipinski definition) is 3. The molecule has 0 atom stereocenters. The van der Waals surface area contributed by atoms with E-state index in [4.69, 9.17) is 17.3 Å². The minimum atomic E-state index is -0.155. The molecule has 5 heteroatoms. The van der Waals surface area contributed by atoms with Crippen LogP contribution in [0.3, 0.4) is 0 Å². The van der Waals surface area contributed by atoms with Crippen LogP contribution in [0.25, 0.3) is 0 Å². The van der Waals surface area contributed by atoms with E-state index in [1.807, 2.05) is 0 Å². The maximum Gasteiger partial charge on any atom is 0.274 e. The lowest BCUT2D eigenvalue weighted by Crippen LogP contribution is -2.29. The lowest BCUT2D eigenvalue weighted by molar-refractivity contribution is -0.119. The minimum Gasteiger partial charge on any atom is -0.508 e. The zero-order chi connectivity index (χ0) is 11.7. The third-order valence-electron chi connectivity index (χ3n) is 2.38. The number of phenolic OH excluding ortho intramolecular Hbond substituents is 1. The van der Waals surface area contributed by atoms with Crippen molar-refractivity contribution in [3.8, 4) is 5.75 Å². The van der Waals surface area contributed by atoms with Gasteiger partial charge >= 0.3 is 0 Å². The van der Waals surface area contributed by atoms with E-state index in [1.54, 1.807) is 31.3 Å². The Morgan fingerprint density at radius 2 is 2.00 bits per heavy atom. The molecule has 1 aromatic carbocycles. The lowest BCUT2D eigenvalue weighted by Gasteiger charge is -2.05. The van der Waals surface area contributed by atoms with Crippen LogP contribution in [-0.2, 0) is 11.2 Å². The fourth-order valence-corrected chi connectivity index (χ4v) is 1.63. The standard InChI is InChI=1S/C11H10N2O2S/c1-13-10(15)9(12-11(13)16)6-7-2-4-8(14)5-3-7/h2-5,14H,6H2,1H3. The number of carbonyl (C=O) groups excluding carboxylic acids is 1. The summed E-state index contributed by atoms with van der Waals surface area (Å²) in [4.78, 5) is 17.0. The van der Waals surface area contributed by atoms with Crippen molar-refractivity contribution in [3.63, 3.8) is 0 Å². The van der Waals surface area contributed by atoms with Crippen molar-refractivity contribution in [1.82, 2.24) is 4.90 Å². The average Bonchev–Trinajstić information content (AvgIpc) is 2.50. The number of thiocarbonyl (C=S) groups is 1. The highest BCUT2D eigenvalue weighted by Gasteiger charge is 2.26. The first kappa shape index (κ1) is 10.8. The molecule has 0 spiro atoms. The number of benzene rings is 1. The number of rotatable bonds is 2. The van der Waals surface area contributed by atoms with E-state index in [-0.39, 0.29) is 11.7 Å². The fraction of sp³-hybridized carbons (Fsp3) is 0.182. The quantitative estimate of drug-likeness (QED) is 0.780. The van der Waals surface area contributed by atoms with Crippen LogP contribution < -0.4 is 0 Å². The predicted molar refractivity (Wildman–Crippen MR) is 64.6 cm³/mol. The number of phenols is 1. The highest BCUT2D eigenvalue weighted by Crippen LogP contribution is 2.13. The second kappa shape index (κ2) is 4.02. The Kier molecular flexibility index (Phi) is 2.70. The van der Waals surface area contributed by atoms with Crippen LogP contribution in [0, 0.1) is 0 Å². The van der Waals surface area contributed by atoms with E-state index in [0.29, 0.717) is 17.2 Å². The Bertz CT molecular complexity index is 479. The molecule has 0 bridgehead atoms. The monoisotopic (exact) mass is 234 g/mol. The maximum absolute atomic E-state index is 11.6. The first-order chi connectivity index (χ1) is 7.58. The second-order valence-electron chi connectivity index (χ2n) is 3.55. The molecule has 0 fully saturated rings. The van der Waals surface area contributed by atoms with Gasteiger partial charge in [-0.1, -0.05) is 12.1 Å². The molecule has 0 saturated carbocycles. The summed E-state index contributed by atoms with van der Waals surface area (Å²) < 4.78 is 0. The summed E-state index contributed by atoms with van der Waals surface area (Å²) in [6.07, 6.45) is 0.434. The van der Waals surface area contributed by atoms with Gasteiger partial charge in [-0.2, -0.15) is 0 Å². The number of aromatic hydroxyl groups is 1. The highest BCUT2D eigenvalue weighted by atomic mass is 32.1. The van der Waals surface area contributed by atoms with E-state index in [2.05, 4.69) is 4.99 Å². The Labute approximate surface area is 98.2 Å². The van der Waals surface area contributed by atoms with Gasteiger partial charge in [-0.15, -0.1) is 0 Å².